The summed E-state index contributed by atoms with van der Waals surface area (Å²) >= 11 is 0. The molecule has 3 aromatic rings. The Kier molecular flexibility index (Phi) is 8.38. The van der Waals surface area contributed by atoms with Crippen LogP contribution in [-0.4, -0.2) is 47.7 Å². The highest BCUT2D eigenvalue weighted by molar-refractivity contribution is 6.44. The number of nitrogens with one attached hydrogen (secondary N) is 1. The maximum absolute atomic E-state index is 13.5. The molecular weight excluding hydrogens is 509 g/mol. The summed E-state index contributed by atoms with van der Waals surface area (Å²) in [6.45, 7) is 2.36. The molecule has 1 fully saturated rings. The van der Waals surface area contributed by atoms with Crippen LogP contribution in [0.3, 0.4) is 0 Å². The third kappa shape index (κ3) is 6.47. The SMILES string of the molecule is COC(=O)/C=C/c1c(-c2ccccc2)[nH]c(C)c1C(=O)C(=O)N1CCC(Cc2cccc(C(F)(F)F)c2)CC1. The summed E-state index contributed by atoms with van der Waals surface area (Å²) in [5, 5.41) is 0. The molecule has 6 nitrogen and oxygen atoms in total. The predicted octanol–water partition coefficient (Wildman–Crippen LogP) is 5.86. The number of carbonyl (C=O) groups is 3. The molecule has 1 N–H and O–H groups in total. The molecule has 1 amide bonds. The van der Waals surface area contributed by atoms with Crippen molar-refractivity contribution in [1.82, 2.24) is 9.88 Å². The Morgan fingerprint density at radius 1 is 1.05 bits per heavy atom. The van der Waals surface area contributed by atoms with Gasteiger partial charge in [-0.25, -0.2) is 4.79 Å². The second-order valence-corrected chi connectivity index (χ2v) is 9.60. The molecule has 0 radical (unpaired) electrons. The minimum atomic E-state index is -4.40. The zero-order valence-electron chi connectivity index (χ0n) is 21.7. The molecule has 39 heavy (non-hydrogen) atoms. The van der Waals surface area contributed by atoms with E-state index < -0.39 is 29.4 Å². The number of rotatable bonds is 7. The predicted molar refractivity (Wildman–Crippen MR) is 141 cm³/mol. The minimum absolute atomic E-state index is 0.102. The number of nitrogens with zero attached hydrogens (tertiary/aromatic N) is 1. The largest absolute Gasteiger partial charge is 0.466 e. The first kappa shape index (κ1) is 27.9. The normalized spacial score (nSPS) is 14.5. The average molecular weight is 539 g/mol. The quantitative estimate of drug-likeness (QED) is 0.177. The van der Waals surface area contributed by atoms with Crippen molar-refractivity contribution in [2.45, 2.75) is 32.4 Å². The number of carbonyl (C=O) groups excluding carboxylic acids is 3. The fourth-order valence-electron chi connectivity index (χ4n) is 4.95. The number of likely N-dealkylation sites (tertiary alicyclic amines) is 1. The topological polar surface area (TPSA) is 79.5 Å². The molecule has 0 aliphatic carbocycles. The van der Waals surface area contributed by atoms with Gasteiger partial charge in [-0.1, -0.05) is 48.5 Å². The van der Waals surface area contributed by atoms with Gasteiger partial charge in [0, 0.05) is 30.4 Å². The van der Waals surface area contributed by atoms with Crippen LogP contribution < -0.4 is 0 Å². The number of hydrogen-bond acceptors (Lipinski definition) is 4. The number of halogens is 3. The van der Waals surface area contributed by atoms with E-state index in [1.54, 1.807) is 13.0 Å². The number of amides is 1. The standard InChI is InChI=1S/C30H29F3N2O4/c1-19-26(24(11-12-25(36)39-2)27(34-19)22-8-4-3-5-9-22)28(37)29(38)35-15-13-20(14-16-35)17-21-7-6-10-23(18-21)30(31,32)33/h3-12,18,20,34H,13-17H2,1-2H3/b12-11+. The van der Waals surface area contributed by atoms with Crippen LogP contribution >= 0.6 is 0 Å². The van der Waals surface area contributed by atoms with Crippen molar-refractivity contribution in [2.24, 2.45) is 5.92 Å². The van der Waals surface area contributed by atoms with E-state index in [0.29, 0.717) is 54.9 Å². The third-order valence-electron chi connectivity index (χ3n) is 6.98. The number of esters is 1. The molecule has 0 bridgehead atoms. The zero-order chi connectivity index (χ0) is 28.2. The number of piperidine rings is 1. The second-order valence-electron chi connectivity index (χ2n) is 9.60. The highest BCUT2D eigenvalue weighted by Gasteiger charge is 2.33. The van der Waals surface area contributed by atoms with Gasteiger partial charge < -0.3 is 14.6 Å². The number of aromatic nitrogens is 1. The van der Waals surface area contributed by atoms with Gasteiger partial charge in [0.15, 0.2) is 0 Å². The van der Waals surface area contributed by atoms with Crippen molar-refractivity contribution in [2.75, 3.05) is 20.2 Å². The number of methoxy groups -OCH3 is 1. The molecule has 1 saturated heterocycles. The molecule has 2 aromatic carbocycles. The number of Topliss-reactive ketones (excluding diaryl/α,β-unsaturated/α-hetero) is 1. The van der Waals surface area contributed by atoms with Gasteiger partial charge in [0.25, 0.3) is 11.7 Å². The molecule has 4 rings (SSSR count). The van der Waals surface area contributed by atoms with Gasteiger partial charge in [-0.2, -0.15) is 13.2 Å². The van der Waals surface area contributed by atoms with Gasteiger partial charge in [-0.3, -0.25) is 9.59 Å². The van der Waals surface area contributed by atoms with Gasteiger partial charge in [0.1, 0.15) is 0 Å². The lowest BCUT2D eigenvalue weighted by Gasteiger charge is -2.31. The lowest BCUT2D eigenvalue weighted by molar-refractivity contribution is -0.137. The number of benzene rings is 2. The smallest absolute Gasteiger partial charge is 0.416 e. The molecule has 0 unspecified atom stereocenters. The van der Waals surface area contributed by atoms with Gasteiger partial charge in [0.2, 0.25) is 0 Å². The Morgan fingerprint density at radius 3 is 2.38 bits per heavy atom. The Bertz CT molecular complexity index is 1380. The lowest BCUT2D eigenvalue weighted by atomic mass is 9.89. The number of aryl methyl sites for hydroxylation is 1. The number of ether oxygens (including phenoxy) is 1. The molecule has 0 spiro atoms. The highest BCUT2D eigenvalue weighted by atomic mass is 19.4. The Hall–Kier alpha value is -4.14. The highest BCUT2D eigenvalue weighted by Crippen LogP contribution is 2.32. The van der Waals surface area contributed by atoms with Crippen LogP contribution in [0.25, 0.3) is 17.3 Å². The third-order valence-corrected chi connectivity index (χ3v) is 6.98. The monoisotopic (exact) mass is 538 g/mol. The fraction of sp³-hybridized carbons (Fsp3) is 0.300. The summed E-state index contributed by atoms with van der Waals surface area (Å²) in [4.78, 5) is 43.2. The van der Waals surface area contributed by atoms with E-state index in [0.717, 1.165) is 11.6 Å². The second kappa shape index (κ2) is 11.7. The van der Waals surface area contributed by atoms with Gasteiger partial charge in [0.05, 0.1) is 23.9 Å². The molecular formula is C30H29F3N2O4. The summed E-state index contributed by atoms with van der Waals surface area (Å²) in [6, 6.07) is 14.6. The fourth-order valence-corrected chi connectivity index (χ4v) is 4.95. The Morgan fingerprint density at radius 2 is 1.74 bits per heavy atom. The molecule has 0 atom stereocenters. The van der Waals surface area contributed by atoms with Crippen LogP contribution in [0.2, 0.25) is 0 Å². The number of H-pyrrole nitrogens is 1. The zero-order valence-corrected chi connectivity index (χ0v) is 21.7. The van der Waals surface area contributed by atoms with Crippen LogP contribution in [0.4, 0.5) is 13.2 Å². The van der Waals surface area contributed by atoms with E-state index in [1.807, 2.05) is 30.3 Å². The summed E-state index contributed by atoms with van der Waals surface area (Å²) in [7, 11) is 1.25. The van der Waals surface area contributed by atoms with E-state index in [9.17, 15) is 27.6 Å². The van der Waals surface area contributed by atoms with E-state index in [4.69, 9.17) is 4.74 Å². The molecule has 1 aliphatic heterocycles. The van der Waals surface area contributed by atoms with Crippen LogP contribution in [0.15, 0.2) is 60.7 Å². The van der Waals surface area contributed by atoms with Crippen LogP contribution in [0, 0.1) is 12.8 Å². The first-order valence-corrected chi connectivity index (χ1v) is 12.6. The minimum Gasteiger partial charge on any atom is -0.466 e. The van der Waals surface area contributed by atoms with Crippen LogP contribution in [-0.2, 0) is 26.9 Å². The maximum Gasteiger partial charge on any atom is 0.416 e. The van der Waals surface area contributed by atoms with E-state index in [1.165, 1.54) is 36.3 Å². The van der Waals surface area contributed by atoms with Gasteiger partial charge in [-0.05, 0) is 55.4 Å². The van der Waals surface area contributed by atoms with Crippen molar-refractivity contribution in [3.63, 3.8) is 0 Å². The van der Waals surface area contributed by atoms with Crippen molar-refractivity contribution >= 4 is 23.7 Å². The summed E-state index contributed by atoms with van der Waals surface area (Å²) < 4.78 is 43.9. The molecule has 0 saturated carbocycles. The van der Waals surface area contributed by atoms with Crippen molar-refractivity contribution in [3.05, 3.63) is 88.6 Å². The first-order valence-electron chi connectivity index (χ1n) is 12.6. The van der Waals surface area contributed by atoms with Crippen molar-refractivity contribution in [1.29, 1.82) is 0 Å². The van der Waals surface area contributed by atoms with Crippen molar-refractivity contribution < 1.29 is 32.3 Å². The number of hydrogen-bond donors (Lipinski definition) is 1. The summed E-state index contributed by atoms with van der Waals surface area (Å²) in [5.74, 6) is -1.83. The van der Waals surface area contributed by atoms with Crippen LogP contribution in [0.5, 0.6) is 0 Å². The molecule has 9 heteroatoms. The van der Waals surface area contributed by atoms with Crippen LogP contribution in [0.1, 0.15) is 45.6 Å². The molecule has 1 aromatic heterocycles. The average Bonchev–Trinajstić information content (AvgIpc) is 3.27. The maximum atomic E-state index is 13.5. The lowest BCUT2D eigenvalue weighted by Crippen LogP contribution is -2.42. The molecule has 204 valence electrons. The Balaban J connectivity index is 1.50. The Labute approximate surface area is 224 Å². The van der Waals surface area contributed by atoms with E-state index in [2.05, 4.69) is 4.98 Å². The van der Waals surface area contributed by atoms with Crippen molar-refractivity contribution in [3.8, 4) is 11.3 Å². The molecule has 2 heterocycles. The summed E-state index contributed by atoms with van der Waals surface area (Å²) in [5.41, 5.74) is 2.41. The van der Waals surface area contributed by atoms with Gasteiger partial charge >= 0.3 is 12.1 Å². The van der Waals surface area contributed by atoms with E-state index in [-0.39, 0.29) is 11.5 Å². The number of alkyl halides is 3. The van der Waals surface area contributed by atoms with E-state index >= 15 is 0 Å². The summed E-state index contributed by atoms with van der Waals surface area (Å²) in [6.07, 6.45) is -0.0972. The number of ketones is 1. The number of aromatic amines is 1. The molecule has 1 aliphatic rings. The first-order chi connectivity index (χ1) is 18.6. The van der Waals surface area contributed by atoms with Gasteiger partial charge in [-0.15, -0.1) is 0 Å².